The maximum Gasteiger partial charge on any atom is 0.413 e. The van der Waals surface area contributed by atoms with Crippen molar-refractivity contribution in [3.05, 3.63) is 18.3 Å². The largest absolute Gasteiger partial charge is 0.413 e. The van der Waals surface area contributed by atoms with Crippen LogP contribution in [0.1, 0.15) is 0 Å². The number of amides is 1. The van der Waals surface area contributed by atoms with E-state index in [1.54, 1.807) is 0 Å². The van der Waals surface area contributed by atoms with Gasteiger partial charge in [-0.25, -0.2) is 18.2 Å². The van der Waals surface area contributed by atoms with Crippen LogP contribution in [0.5, 0.6) is 5.75 Å². The van der Waals surface area contributed by atoms with E-state index in [0.29, 0.717) is 0 Å². The summed E-state index contributed by atoms with van der Waals surface area (Å²) in [6, 6.07) is 2.58. The summed E-state index contributed by atoms with van der Waals surface area (Å²) >= 11 is 0. The average Bonchev–Trinajstić information content (AvgIpc) is 2.26. The summed E-state index contributed by atoms with van der Waals surface area (Å²) in [6.45, 7) is 0.0493. The lowest BCUT2D eigenvalue weighted by atomic mass is 10.5. The second-order valence-electron chi connectivity index (χ2n) is 3.05. The van der Waals surface area contributed by atoms with Gasteiger partial charge in [-0.05, 0) is 12.1 Å². The van der Waals surface area contributed by atoms with Gasteiger partial charge >= 0.3 is 6.09 Å². The van der Waals surface area contributed by atoms with Gasteiger partial charge in [0.2, 0.25) is 0 Å². The second-order valence-corrected chi connectivity index (χ2v) is 5.01. The molecule has 1 heterocycles. The number of ether oxygens (including phenoxy) is 1. The second kappa shape index (κ2) is 5.32. The minimum absolute atomic E-state index is 0.0493. The zero-order chi connectivity index (χ0) is 12.9. The van der Waals surface area contributed by atoms with Crippen molar-refractivity contribution in [2.75, 3.05) is 12.8 Å². The molecule has 1 amide bonds. The van der Waals surface area contributed by atoms with Crippen LogP contribution in [-0.2, 0) is 9.84 Å². The number of nitrogens with zero attached hydrogens (tertiary/aromatic N) is 1. The molecule has 0 atom stereocenters. The minimum Gasteiger partial charge on any atom is -0.409 e. The van der Waals surface area contributed by atoms with Gasteiger partial charge in [-0.15, -0.1) is 6.42 Å². The lowest BCUT2D eigenvalue weighted by Gasteiger charge is -2.04. The van der Waals surface area contributed by atoms with Crippen molar-refractivity contribution in [1.29, 1.82) is 0 Å². The van der Waals surface area contributed by atoms with Crippen molar-refractivity contribution in [2.24, 2.45) is 0 Å². The summed E-state index contributed by atoms with van der Waals surface area (Å²) < 4.78 is 27.0. The summed E-state index contributed by atoms with van der Waals surface area (Å²) in [5.74, 6) is 2.34. The van der Waals surface area contributed by atoms with Crippen molar-refractivity contribution in [2.45, 2.75) is 5.03 Å². The van der Waals surface area contributed by atoms with Gasteiger partial charge in [0.1, 0.15) is 0 Å². The Kier molecular flexibility index (Phi) is 4.06. The predicted octanol–water partition coefficient (Wildman–Crippen LogP) is 0.207. The van der Waals surface area contributed by atoms with Crippen LogP contribution >= 0.6 is 0 Å². The van der Waals surface area contributed by atoms with Crippen molar-refractivity contribution < 1.29 is 17.9 Å². The van der Waals surface area contributed by atoms with Crippen LogP contribution in [-0.4, -0.2) is 32.3 Å². The Bertz CT molecular complexity index is 543. The van der Waals surface area contributed by atoms with Crippen LogP contribution in [0.25, 0.3) is 0 Å². The van der Waals surface area contributed by atoms with Gasteiger partial charge in [-0.2, -0.15) is 0 Å². The first-order valence-electron chi connectivity index (χ1n) is 4.49. The zero-order valence-electron chi connectivity index (χ0n) is 9.00. The molecule has 1 rings (SSSR count). The SMILES string of the molecule is C#CCNC(=O)Oc1ccc(S(C)(=O)=O)nc1. The topological polar surface area (TPSA) is 85.4 Å². The van der Waals surface area contributed by atoms with Crippen LogP contribution in [0.4, 0.5) is 4.79 Å². The summed E-state index contributed by atoms with van der Waals surface area (Å²) in [5.41, 5.74) is 0. The highest BCUT2D eigenvalue weighted by atomic mass is 32.2. The van der Waals surface area contributed by atoms with Gasteiger partial charge < -0.3 is 10.1 Å². The van der Waals surface area contributed by atoms with E-state index in [0.717, 1.165) is 12.5 Å². The Morgan fingerprint density at radius 2 is 2.29 bits per heavy atom. The monoisotopic (exact) mass is 254 g/mol. The number of pyridine rings is 1. The molecule has 7 heteroatoms. The highest BCUT2D eigenvalue weighted by molar-refractivity contribution is 7.90. The number of aromatic nitrogens is 1. The molecule has 1 N–H and O–H groups in total. The van der Waals surface area contributed by atoms with Crippen LogP contribution < -0.4 is 10.1 Å². The lowest BCUT2D eigenvalue weighted by molar-refractivity contribution is 0.201. The summed E-state index contributed by atoms with van der Waals surface area (Å²) in [4.78, 5) is 14.7. The summed E-state index contributed by atoms with van der Waals surface area (Å²) in [6.07, 6.45) is 6.40. The summed E-state index contributed by atoms with van der Waals surface area (Å²) in [5, 5.41) is 2.19. The van der Waals surface area contributed by atoms with Crippen LogP contribution in [0, 0.1) is 12.3 Å². The van der Waals surface area contributed by atoms with E-state index in [4.69, 9.17) is 11.2 Å². The molecule has 0 aliphatic rings. The van der Waals surface area contributed by atoms with Crippen molar-refractivity contribution in [3.63, 3.8) is 0 Å². The minimum atomic E-state index is -3.36. The Morgan fingerprint density at radius 1 is 1.59 bits per heavy atom. The molecule has 1 aromatic heterocycles. The third-order valence-corrected chi connectivity index (χ3v) is 2.64. The number of sulfone groups is 1. The number of rotatable bonds is 3. The summed E-state index contributed by atoms with van der Waals surface area (Å²) in [7, 11) is -3.36. The molecule has 0 spiro atoms. The molecular formula is C10H10N2O4S. The molecule has 0 fully saturated rings. The third-order valence-electron chi connectivity index (χ3n) is 1.63. The number of hydrogen-bond donors (Lipinski definition) is 1. The fourth-order valence-corrected chi connectivity index (χ4v) is 1.47. The average molecular weight is 254 g/mol. The zero-order valence-corrected chi connectivity index (χ0v) is 9.82. The molecule has 0 aromatic carbocycles. The van der Waals surface area contributed by atoms with Gasteiger partial charge in [0.25, 0.3) is 0 Å². The Morgan fingerprint density at radius 3 is 2.76 bits per heavy atom. The van der Waals surface area contributed by atoms with Gasteiger partial charge in [0, 0.05) is 6.26 Å². The molecule has 0 saturated heterocycles. The van der Waals surface area contributed by atoms with Crippen LogP contribution in [0.3, 0.4) is 0 Å². The van der Waals surface area contributed by atoms with Gasteiger partial charge in [0.15, 0.2) is 20.6 Å². The number of hydrogen-bond acceptors (Lipinski definition) is 5. The molecule has 0 bridgehead atoms. The van der Waals surface area contributed by atoms with Gasteiger partial charge in [0.05, 0.1) is 12.7 Å². The highest BCUT2D eigenvalue weighted by Crippen LogP contribution is 2.12. The van der Waals surface area contributed by atoms with Crippen molar-refractivity contribution in [1.82, 2.24) is 10.3 Å². The first-order chi connectivity index (χ1) is 7.93. The van der Waals surface area contributed by atoms with E-state index >= 15 is 0 Å². The van der Waals surface area contributed by atoms with Gasteiger partial charge in [-0.1, -0.05) is 5.92 Å². The standard InChI is InChI=1S/C10H10N2O4S/c1-3-6-11-10(13)16-8-4-5-9(12-7-8)17(2,14)15/h1,4-5,7H,6H2,2H3,(H,11,13). The maximum absolute atomic E-state index is 11.1. The third kappa shape index (κ3) is 4.12. The van der Waals surface area contributed by atoms with E-state index < -0.39 is 15.9 Å². The number of carbonyl (C=O) groups excluding carboxylic acids is 1. The lowest BCUT2D eigenvalue weighted by Crippen LogP contribution is -2.26. The van der Waals surface area contributed by atoms with Crippen LogP contribution in [0.2, 0.25) is 0 Å². The highest BCUT2D eigenvalue weighted by Gasteiger charge is 2.09. The quantitative estimate of drug-likeness (QED) is 0.779. The van der Waals surface area contributed by atoms with E-state index in [1.807, 2.05) is 0 Å². The maximum atomic E-state index is 11.1. The normalized spacial score (nSPS) is 10.4. The Hall–Kier alpha value is -2.07. The van der Waals surface area contributed by atoms with E-state index in [1.165, 1.54) is 12.1 Å². The predicted molar refractivity (Wildman–Crippen MR) is 60.2 cm³/mol. The molecular weight excluding hydrogens is 244 g/mol. The molecule has 0 unspecified atom stereocenters. The van der Waals surface area contributed by atoms with E-state index in [9.17, 15) is 13.2 Å². The molecule has 0 aliphatic heterocycles. The van der Waals surface area contributed by atoms with Crippen LogP contribution in [0.15, 0.2) is 23.4 Å². The number of terminal acetylenes is 1. The number of nitrogens with one attached hydrogen (secondary N) is 1. The first kappa shape index (κ1) is 13.0. The van der Waals surface area contributed by atoms with E-state index in [-0.39, 0.29) is 17.3 Å². The van der Waals surface area contributed by atoms with Gasteiger partial charge in [-0.3, -0.25) is 0 Å². The molecule has 0 saturated carbocycles. The molecule has 90 valence electrons. The molecule has 1 aromatic rings. The fourth-order valence-electron chi connectivity index (χ4n) is 0.913. The van der Waals surface area contributed by atoms with Crippen molar-refractivity contribution in [3.8, 4) is 18.1 Å². The first-order valence-corrected chi connectivity index (χ1v) is 6.38. The molecule has 0 radical (unpaired) electrons. The smallest absolute Gasteiger partial charge is 0.409 e. The molecule has 0 aliphatic carbocycles. The number of carbonyl (C=O) groups is 1. The van der Waals surface area contributed by atoms with E-state index in [2.05, 4.69) is 16.2 Å². The molecule has 6 nitrogen and oxygen atoms in total. The molecule has 17 heavy (non-hydrogen) atoms. The van der Waals surface area contributed by atoms with Crippen molar-refractivity contribution >= 4 is 15.9 Å². The Balaban J connectivity index is 2.70. The fraction of sp³-hybridized carbons (Fsp3) is 0.200. The Labute approximate surface area is 98.9 Å².